The molecule has 1 saturated heterocycles. The first-order valence-electron chi connectivity index (χ1n) is 13.3. The van der Waals surface area contributed by atoms with Crippen LogP contribution in [-0.4, -0.2) is 43.0 Å². The van der Waals surface area contributed by atoms with E-state index < -0.39 is 0 Å². The number of carbonyl (C=O) groups excluding carboxylic acids is 2. The summed E-state index contributed by atoms with van der Waals surface area (Å²) in [7, 11) is 0. The molecule has 0 aromatic heterocycles. The van der Waals surface area contributed by atoms with Crippen LogP contribution < -0.4 is 5.32 Å². The van der Waals surface area contributed by atoms with E-state index in [0.717, 1.165) is 19.6 Å². The van der Waals surface area contributed by atoms with Gasteiger partial charge in [0.15, 0.2) is 0 Å². The number of unbranched alkanes of at least 4 members (excludes halogenated alkanes) is 1. The average Bonchev–Trinajstić information content (AvgIpc) is 3.34. The number of fused-ring (bicyclic) bond motifs is 1. The molecule has 1 aliphatic heterocycles. The molecule has 1 N–H and O–H groups in total. The number of likely N-dealkylation sites (tertiary alicyclic amines) is 1. The Morgan fingerprint density at radius 1 is 0.944 bits per heavy atom. The smallest absolute Gasteiger partial charge is 0.305 e. The maximum Gasteiger partial charge on any atom is 0.305 e. The lowest BCUT2D eigenvalue weighted by Crippen LogP contribution is -2.31. The van der Waals surface area contributed by atoms with Gasteiger partial charge in [-0.15, -0.1) is 0 Å². The molecule has 1 amide bonds. The van der Waals surface area contributed by atoms with Gasteiger partial charge in [0.2, 0.25) is 5.91 Å². The number of benzene rings is 3. The summed E-state index contributed by atoms with van der Waals surface area (Å²) < 4.78 is 4.99. The van der Waals surface area contributed by atoms with Crippen molar-refractivity contribution in [2.75, 3.05) is 26.2 Å². The lowest BCUT2D eigenvalue weighted by atomic mass is 9.88. The van der Waals surface area contributed by atoms with E-state index in [9.17, 15) is 9.59 Å². The second kappa shape index (κ2) is 12.7. The highest BCUT2D eigenvalue weighted by atomic mass is 16.5. The maximum atomic E-state index is 13.0. The van der Waals surface area contributed by atoms with E-state index in [-0.39, 0.29) is 17.9 Å². The molecule has 0 aliphatic carbocycles. The number of carbonyl (C=O) groups is 2. The fourth-order valence-corrected chi connectivity index (χ4v) is 5.36. The fraction of sp³-hybridized carbons (Fsp3) is 0.419. The van der Waals surface area contributed by atoms with Gasteiger partial charge >= 0.3 is 5.97 Å². The van der Waals surface area contributed by atoms with E-state index in [1.54, 1.807) is 0 Å². The normalized spacial score (nSPS) is 18.3. The van der Waals surface area contributed by atoms with Crippen LogP contribution in [0.25, 0.3) is 10.8 Å². The zero-order chi connectivity index (χ0) is 25.3. The van der Waals surface area contributed by atoms with E-state index in [2.05, 4.69) is 79.0 Å². The van der Waals surface area contributed by atoms with Crippen molar-refractivity contribution in [3.63, 3.8) is 0 Å². The van der Waals surface area contributed by atoms with Crippen molar-refractivity contribution in [1.29, 1.82) is 0 Å². The molecule has 36 heavy (non-hydrogen) atoms. The van der Waals surface area contributed by atoms with Crippen molar-refractivity contribution in [2.45, 2.75) is 51.5 Å². The Hall–Kier alpha value is -3.18. The first kappa shape index (κ1) is 25.9. The van der Waals surface area contributed by atoms with Crippen molar-refractivity contribution in [1.82, 2.24) is 10.2 Å². The van der Waals surface area contributed by atoms with Gasteiger partial charge in [-0.3, -0.25) is 9.59 Å². The van der Waals surface area contributed by atoms with E-state index in [1.807, 2.05) is 17.9 Å². The number of rotatable bonds is 11. The third kappa shape index (κ3) is 6.52. The SMILES string of the molecule is CCOC(=O)CCCCC(=O)N1C[C@@H](CN[C@H](C)c2cccc3ccccc23)[C@@H](c2ccccc2)C1. The van der Waals surface area contributed by atoms with Gasteiger partial charge in [0.05, 0.1) is 6.61 Å². The monoisotopic (exact) mass is 486 g/mol. The summed E-state index contributed by atoms with van der Waals surface area (Å²) in [5.41, 5.74) is 2.59. The quantitative estimate of drug-likeness (QED) is 0.273. The summed E-state index contributed by atoms with van der Waals surface area (Å²) in [6.07, 6.45) is 2.26. The molecule has 0 bridgehead atoms. The highest BCUT2D eigenvalue weighted by Gasteiger charge is 2.35. The maximum absolute atomic E-state index is 13.0. The summed E-state index contributed by atoms with van der Waals surface area (Å²) in [4.78, 5) is 26.6. The number of esters is 1. The van der Waals surface area contributed by atoms with E-state index in [4.69, 9.17) is 4.74 Å². The fourth-order valence-electron chi connectivity index (χ4n) is 5.36. The summed E-state index contributed by atoms with van der Waals surface area (Å²) >= 11 is 0. The van der Waals surface area contributed by atoms with Crippen molar-refractivity contribution >= 4 is 22.6 Å². The van der Waals surface area contributed by atoms with Crippen LogP contribution >= 0.6 is 0 Å². The zero-order valence-corrected chi connectivity index (χ0v) is 21.5. The van der Waals surface area contributed by atoms with Crippen molar-refractivity contribution < 1.29 is 14.3 Å². The van der Waals surface area contributed by atoms with Gasteiger partial charge in [0, 0.05) is 44.4 Å². The highest BCUT2D eigenvalue weighted by molar-refractivity contribution is 5.86. The van der Waals surface area contributed by atoms with Crippen LogP contribution in [0.5, 0.6) is 0 Å². The molecule has 1 fully saturated rings. The molecule has 3 aromatic rings. The molecule has 1 aliphatic rings. The number of nitrogens with zero attached hydrogens (tertiary/aromatic N) is 1. The van der Waals surface area contributed by atoms with Gasteiger partial charge in [0.1, 0.15) is 0 Å². The summed E-state index contributed by atoms with van der Waals surface area (Å²) in [5, 5.41) is 6.32. The van der Waals surface area contributed by atoms with Crippen molar-refractivity contribution in [3.8, 4) is 0 Å². The van der Waals surface area contributed by atoms with Crippen LogP contribution in [0.1, 0.15) is 62.6 Å². The van der Waals surface area contributed by atoms with Gasteiger partial charge in [0.25, 0.3) is 0 Å². The Kier molecular flexibility index (Phi) is 9.12. The lowest BCUT2D eigenvalue weighted by molar-refractivity contribution is -0.143. The highest BCUT2D eigenvalue weighted by Crippen LogP contribution is 2.34. The Labute approximate surface area is 214 Å². The molecule has 0 saturated carbocycles. The number of amides is 1. The molecule has 0 radical (unpaired) electrons. The Balaban J connectivity index is 1.38. The van der Waals surface area contributed by atoms with Crippen LogP contribution in [-0.2, 0) is 14.3 Å². The molecular formula is C31H38N2O3. The Morgan fingerprint density at radius 3 is 2.47 bits per heavy atom. The third-order valence-electron chi connectivity index (χ3n) is 7.32. The number of ether oxygens (including phenoxy) is 1. The molecule has 4 rings (SSSR count). The van der Waals surface area contributed by atoms with Gasteiger partial charge in [-0.1, -0.05) is 72.8 Å². The van der Waals surface area contributed by atoms with Crippen molar-refractivity contribution in [3.05, 3.63) is 83.9 Å². The Bertz CT molecular complexity index is 1140. The minimum absolute atomic E-state index is 0.179. The van der Waals surface area contributed by atoms with Crippen LogP contribution in [0.4, 0.5) is 0 Å². The van der Waals surface area contributed by atoms with E-state index in [0.29, 0.717) is 44.1 Å². The molecular weight excluding hydrogens is 448 g/mol. The Morgan fingerprint density at radius 2 is 1.67 bits per heavy atom. The van der Waals surface area contributed by atoms with Gasteiger partial charge < -0.3 is 15.0 Å². The number of hydrogen-bond donors (Lipinski definition) is 1. The van der Waals surface area contributed by atoms with Gasteiger partial charge in [-0.2, -0.15) is 0 Å². The summed E-state index contributed by atoms with van der Waals surface area (Å²) in [6, 6.07) is 25.8. The number of hydrogen-bond acceptors (Lipinski definition) is 4. The first-order valence-corrected chi connectivity index (χ1v) is 13.3. The standard InChI is InChI=1S/C31H38N2O3/c1-3-36-31(35)19-10-9-18-30(34)33-21-26(29(22-33)25-12-5-4-6-13-25)20-32-23(2)27-17-11-15-24-14-7-8-16-28(24)27/h4-8,11-17,23,26,29,32H,3,9-10,18-22H2,1-2H3/t23-,26-,29-/m1/s1. The second-order valence-corrected chi connectivity index (χ2v) is 9.79. The summed E-state index contributed by atoms with van der Waals surface area (Å²) in [6.45, 7) is 6.78. The first-order chi connectivity index (χ1) is 17.6. The van der Waals surface area contributed by atoms with E-state index in [1.165, 1.54) is 21.9 Å². The third-order valence-corrected chi connectivity index (χ3v) is 7.32. The molecule has 3 aromatic carbocycles. The molecule has 5 nitrogen and oxygen atoms in total. The van der Waals surface area contributed by atoms with Crippen LogP contribution in [0, 0.1) is 5.92 Å². The molecule has 5 heteroatoms. The molecule has 1 heterocycles. The minimum atomic E-state index is -0.179. The predicted molar refractivity (Wildman–Crippen MR) is 145 cm³/mol. The molecule has 190 valence electrons. The van der Waals surface area contributed by atoms with Crippen LogP contribution in [0.2, 0.25) is 0 Å². The van der Waals surface area contributed by atoms with Crippen LogP contribution in [0.15, 0.2) is 72.8 Å². The molecule has 3 atom stereocenters. The topological polar surface area (TPSA) is 58.6 Å². The number of nitrogens with one attached hydrogen (secondary N) is 1. The van der Waals surface area contributed by atoms with Gasteiger partial charge in [-0.05, 0) is 54.5 Å². The molecule has 0 spiro atoms. The second-order valence-electron chi connectivity index (χ2n) is 9.79. The minimum Gasteiger partial charge on any atom is -0.466 e. The zero-order valence-electron chi connectivity index (χ0n) is 21.5. The summed E-state index contributed by atoms with van der Waals surface area (Å²) in [5.74, 6) is 0.654. The molecule has 0 unspecified atom stereocenters. The largest absolute Gasteiger partial charge is 0.466 e. The predicted octanol–water partition coefficient (Wildman–Crippen LogP) is 5.86. The van der Waals surface area contributed by atoms with Gasteiger partial charge in [-0.25, -0.2) is 0 Å². The lowest BCUT2D eigenvalue weighted by Gasteiger charge is -2.23. The van der Waals surface area contributed by atoms with E-state index >= 15 is 0 Å². The van der Waals surface area contributed by atoms with Crippen LogP contribution in [0.3, 0.4) is 0 Å². The van der Waals surface area contributed by atoms with Crippen molar-refractivity contribution in [2.24, 2.45) is 5.92 Å². The average molecular weight is 487 g/mol.